The number of carbonyl (C=O) groups is 3. The summed E-state index contributed by atoms with van der Waals surface area (Å²) in [5.74, 6) is -2.15. The molecule has 3 aromatic rings. The molecule has 8 nitrogen and oxygen atoms in total. The number of imide groups is 1. The Bertz CT molecular complexity index is 1290. The zero-order valence-corrected chi connectivity index (χ0v) is 20.1. The minimum Gasteiger partial charge on any atom is -0.497 e. The predicted molar refractivity (Wildman–Crippen MR) is 131 cm³/mol. The molecule has 184 valence electrons. The monoisotopic (exact) mass is 486 g/mol. The number of esters is 1. The molecule has 2 aliphatic heterocycles. The number of anilines is 1. The SMILES string of the molecule is COC(=O)[C@]1(c2ccc(OC)cc2)N[C@@H](c2ccccc2)[C@H]2C(=O)N(c3ccc(OC)cc3)C(=O)[C@H]21. The van der Waals surface area contributed by atoms with E-state index in [1.54, 1.807) is 62.8 Å². The van der Waals surface area contributed by atoms with Crippen LogP contribution in [0.1, 0.15) is 17.2 Å². The Balaban J connectivity index is 1.69. The standard InChI is InChI=1S/C28H26N2O6/c1-34-20-13-9-18(10-14-20)28(27(33)36-3)23-22(24(29-28)17-7-5-4-6-8-17)25(31)30(26(23)32)19-11-15-21(35-2)16-12-19/h4-16,22-24,29H,1-3H3/t22-,23-,24-,28+/m0/s1. The van der Waals surface area contributed by atoms with Gasteiger partial charge in [0.25, 0.3) is 0 Å². The molecule has 2 saturated heterocycles. The summed E-state index contributed by atoms with van der Waals surface area (Å²) in [4.78, 5) is 42.7. The van der Waals surface area contributed by atoms with Crippen molar-refractivity contribution in [2.45, 2.75) is 11.6 Å². The Morgan fingerprint density at radius 3 is 1.94 bits per heavy atom. The maximum atomic E-state index is 14.1. The largest absolute Gasteiger partial charge is 0.497 e. The Morgan fingerprint density at radius 2 is 1.39 bits per heavy atom. The van der Waals surface area contributed by atoms with Gasteiger partial charge in [0.05, 0.1) is 38.9 Å². The first kappa shape index (κ1) is 23.6. The minimum absolute atomic E-state index is 0.379. The summed E-state index contributed by atoms with van der Waals surface area (Å²) < 4.78 is 15.8. The fourth-order valence-corrected chi connectivity index (χ4v) is 5.43. The van der Waals surface area contributed by atoms with Crippen LogP contribution in [0.15, 0.2) is 78.9 Å². The van der Waals surface area contributed by atoms with Crippen LogP contribution in [0.25, 0.3) is 0 Å². The highest BCUT2D eigenvalue weighted by Crippen LogP contribution is 2.54. The van der Waals surface area contributed by atoms with Gasteiger partial charge in [0, 0.05) is 6.04 Å². The van der Waals surface area contributed by atoms with Crippen LogP contribution >= 0.6 is 0 Å². The quantitative estimate of drug-likeness (QED) is 0.422. The van der Waals surface area contributed by atoms with Crippen molar-refractivity contribution < 1.29 is 28.6 Å². The number of hydrogen-bond donors (Lipinski definition) is 1. The van der Waals surface area contributed by atoms with Gasteiger partial charge in [0.2, 0.25) is 11.8 Å². The van der Waals surface area contributed by atoms with Crippen LogP contribution in [0, 0.1) is 11.8 Å². The van der Waals surface area contributed by atoms with Crippen LogP contribution in [0.4, 0.5) is 5.69 Å². The van der Waals surface area contributed by atoms with E-state index >= 15 is 0 Å². The highest BCUT2D eigenvalue weighted by atomic mass is 16.5. The van der Waals surface area contributed by atoms with Gasteiger partial charge < -0.3 is 14.2 Å². The molecule has 0 aliphatic carbocycles. The highest BCUT2D eigenvalue weighted by molar-refractivity contribution is 6.24. The summed E-state index contributed by atoms with van der Waals surface area (Å²) >= 11 is 0. The maximum Gasteiger partial charge on any atom is 0.331 e. The van der Waals surface area contributed by atoms with E-state index in [9.17, 15) is 14.4 Å². The molecule has 0 bridgehead atoms. The molecule has 0 aromatic heterocycles. The zero-order chi connectivity index (χ0) is 25.4. The molecule has 3 aromatic carbocycles. The van der Waals surface area contributed by atoms with E-state index in [4.69, 9.17) is 14.2 Å². The van der Waals surface area contributed by atoms with Crippen LogP contribution in [0.3, 0.4) is 0 Å². The van der Waals surface area contributed by atoms with Gasteiger partial charge in [-0.15, -0.1) is 0 Å². The number of ether oxygens (including phenoxy) is 3. The summed E-state index contributed by atoms with van der Waals surface area (Å²) in [6.45, 7) is 0. The molecule has 36 heavy (non-hydrogen) atoms. The predicted octanol–water partition coefficient (Wildman–Crippen LogP) is 3.22. The van der Waals surface area contributed by atoms with Crippen molar-refractivity contribution in [1.82, 2.24) is 5.32 Å². The lowest BCUT2D eigenvalue weighted by atomic mass is 9.75. The van der Waals surface area contributed by atoms with Crippen molar-refractivity contribution in [2.24, 2.45) is 11.8 Å². The lowest BCUT2D eigenvalue weighted by Crippen LogP contribution is -2.53. The van der Waals surface area contributed by atoms with Gasteiger partial charge in [0.15, 0.2) is 5.54 Å². The molecule has 0 saturated carbocycles. The third-order valence-corrected chi connectivity index (χ3v) is 7.10. The number of methoxy groups -OCH3 is 3. The number of hydrogen-bond acceptors (Lipinski definition) is 7. The Morgan fingerprint density at radius 1 is 0.806 bits per heavy atom. The number of nitrogens with one attached hydrogen (secondary N) is 1. The van der Waals surface area contributed by atoms with E-state index in [1.807, 2.05) is 30.3 Å². The molecule has 2 amide bonds. The number of fused-ring (bicyclic) bond motifs is 1. The summed E-state index contributed by atoms with van der Waals surface area (Å²) in [6, 6.07) is 22.3. The van der Waals surface area contributed by atoms with E-state index < -0.39 is 35.3 Å². The molecule has 0 unspecified atom stereocenters. The fraction of sp³-hybridized carbons (Fsp3) is 0.250. The van der Waals surface area contributed by atoms with Gasteiger partial charge in [-0.3, -0.25) is 14.9 Å². The summed E-state index contributed by atoms with van der Waals surface area (Å²) in [5, 5.41) is 3.37. The van der Waals surface area contributed by atoms with Crippen LogP contribution in [-0.4, -0.2) is 39.1 Å². The lowest BCUT2D eigenvalue weighted by molar-refractivity contribution is -0.152. The average molecular weight is 487 g/mol. The molecule has 5 rings (SSSR count). The first-order chi connectivity index (χ1) is 17.5. The molecule has 0 radical (unpaired) electrons. The third kappa shape index (κ3) is 3.45. The van der Waals surface area contributed by atoms with Gasteiger partial charge >= 0.3 is 5.97 Å². The molecule has 1 N–H and O–H groups in total. The van der Waals surface area contributed by atoms with E-state index in [0.717, 1.165) is 5.56 Å². The number of carbonyl (C=O) groups excluding carboxylic acids is 3. The topological polar surface area (TPSA) is 94.2 Å². The molecule has 4 atom stereocenters. The Hall–Kier alpha value is -4.17. The average Bonchev–Trinajstić information content (AvgIpc) is 3.43. The fourth-order valence-electron chi connectivity index (χ4n) is 5.43. The zero-order valence-electron chi connectivity index (χ0n) is 20.1. The van der Waals surface area contributed by atoms with Crippen molar-refractivity contribution in [2.75, 3.05) is 26.2 Å². The van der Waals surface area contributed by atoms with Gasteiger partial charge in [-0.25, -0.2) is 9.69 Å². The minimum atomic E-state index is -1.58. The molecule has 2 fully saturated rings. The molecule has 2 heterocycles. The molecule has 2 aliphatic rings. The first-order valence-electron chi connectivity index (χ1n) is 11.5. The number of nitrogens with zero attached hydrogens (tertiary/aromatic N) is 1. The van der Waals surface area contributed by atoms with Gasteiger partial charge in [-0.05, 0) is 47.5 Å². The Kier molecular flexibility index (Phi) is 5.97. The number of rotatable bonds is 6. The Labute approximate surface area is 208 Å². The molecular formula is C28H26N2O6. The number of amides is 2. The van der Waals surface area contributed by atoms with Crippen molar-refractivity contribution in [1.29, 1.82) is 0 Å². The number of benzene rings is 3. The second kappa shape index (κ2) is 9.13. The first-order valence-corrected chi connectivity index (χ1v) is 11.5. The van der Waals surface area contributed by atoms with Crippen LogP contribution in [0.5, 0.6) is 11.5 Å². The van der Waals surface area contributed by atoms with E-state index in [2.05, 4.69) is 5.32 Å². The third-order valence-electron chi connectivity index (χ3n) is 7.10. The van der Waals surface area contributed by atoms with Crippen molar-refractivity contribution >= 4 is 23.5 Å². The normalized spacial score (nSPS) is 25.0. The van der Waals surface area contributed by atoms with Crippen LogP contribution in [-0.2, 0) is 24.7 Å². The second-order valence-corrected chi connectivity index (χ2v) is 8.77. The van der Waals surface area contributed by atoms with E-state index in [0.29, 0.717) is 22.7 Å². The van der Waals surface area contributed by atoms with Crippen molar-refractivity contribution in [3.8, 4) is 11.5 Å². The smallest absolute Gasteiger partial charge is 0.331 e. The van der Waals surface area contributed by atoms with Crippen LogP contribution in [0.2, 0.25) is 0 Å². The second-order valence-electron chi connectivity index (χ2n) is 8.77. The summed E-state index contributed by atoms with van der Waals surface area (Å²) in [5.41, 5.74) is 0.145. The van der Waals surface area contributed by atoms with E-state index in [-0.39, 0.29) is 5.91 Å². The maximum absolute atomic E-state index is 14.1. The molecular weight excluding hydrogens is 460 g/mol. The molecule has 8 heteroatoms. The van der Waals surface area contributed by atoms with E-state index in [1.165, 1.54) is 12.0 Å². The van der Waals surface area contributed by atoms with Crippen LogP contribution < -0.4 is 19.7 Å². The lowest BCUT2D eigenvalue weighted by Gasteiger charge is -2.33. The van der Waals surface area contributed by atoms with Gasteiger partial charge in [-0.1, -0.05) is 42.5 Å². The highest BCUT2D eigenvalue weighted by Gasteiger charge is 2.69. The summed E-state index contributed by atoms with van der Waals surface area (Å²) in [6.07, 6.45) is 0. The van der Waals surface area contributed by atoms with Crippen molar-refractivity contribution in [3.63, 3.8) is 0 Å². The van der Waals surface area contributed by atoms with Gasteiger partial charge in [0.1, 0.15) is 11.5 Å². The summed E-state index contributed by atoms with van der Waals surface area (Å²) in [7, 11) is 4.37. The molecule has 0 spiro atoms. The van der Waals surface area contributed by atoms with Crippen molar-refractivity contribution in [3.05, 3.63) is 90.0 Å². The van der Waals surface area contributed by atoms with Gasteiger partial charge in [-0.2, -0.15) is 0 Å².